The molecule has 5 heteroatoms. The molecule has 0 saturated heterocycles. The lowest BCUT2D eigenvalue weighted by Gasteiger charge is -2.00. The molecule has 4 nitrogen and oxygen atoms in total. The molecule has 0 fully saturated rings. The number of rotatable bonds is 2. The second kappa shape index (κ2) is 3.74. The predicted molar refractivity (Wildman–Crippen MR) is 53.9 cm³/mol. The van der Waals surface area contributed by atoms with Crippen molar-refractivity contribution in [3.8, 4) is 11.5 Å². The lowest BCUT2D eigenvalue weighted by molar-refractivity contribution is 0.0696. The van der Waals surface area contributed by atoms with Gasteiger partial charge in [-0.25, -0.2) is 4.79 Å². The first-order chi connectivity index (χ1) is 7.18. The van der Waals surface area contributed by atoms with Gasteiger partial charge in [0.25, 0.3) is 0 Å². The van der Waals surface area contributed by atoms with Crippen LogP contribution in [0.2, 0.25) is 5.02 Å². The molecular weight excluding hydrogens is 218 g/mol. The fourth-order valence-corrected chi connectivity index (χ4v) is 1.41. The number of furan rings is 1. The van der Waals surface area contributed by atoms with Crippen LogP contribution in [-0.2, 0) is 0 Å². The van der Waals surface area contributed by atoms with Gasteiger partial charge in [-0.1, -0.05) is 11.6 Å². The third-order valence-corrected chi connectivity index (χ3v) is 2.13. The van der Waals surface area contributed by atoms with E-state index in [4.69, 9.17) is 21.1 Å². The number of hydrogen-bond donors (Lipinski definition) is 1. The Labute approximate surface area is 90.1 Å². The van der Waals surface area contributed by atoms with Crippen molar-refractivity contribution in [1.82, 2.24) is 4.98 Å². The number of halogens is 1. The minimum absolute atomic E-state index is 0.0512. The van der Waals surface area contributed by atoms with E-state index in [-0.39, 0.29) is 10.6 Å². The van der Waals surface area contributed by atoms with Gasteiger partial charge in [-0.2, -0.15) is 0 Å². The molecule has 2 aromatic rings. The average Bonchev–Trinajstić information content (AvgIpc) is 2.70. The zero-order chi connectivity index (χ0) is 10.8. The lowest BCUT2D eigenvalue weighted by atomic mass is 10.2. The Morgan fingerprint density at radius 1 is 1.53 bits per heavy atom. The van der Waals surface area contributed by atoms with Gasteiger partial charge in [0.1, 0.15) is 5.69 Å². The number of carboxylic acid groups (broad SMARTS) is 1. The van der Waals surface area contributed by atoms with E-state index >= 15 is 0 Å². The predicted octanol–water partition coefficient (Wildman–Crippen LogP) is 2.69. The molecule has 76 valence electrons. The first-order valence-corrected chi connectivity index (χ1v) is 4.49. The summed E-state index contributed by atoms with van der Waals surface area (Å²) >= 11 is 5.88. The molecule has 0 radical (unpaired) electrons. The van der Waals surface area contributed by atoms with Gasteiger partial charge < -0.3 is 9.52 Å². The Hall–Kier alpha value is -1.81. The van der Waals surface area contributed by atoms with E-state index in [1.807, 2.05) is 0 Å². The summed E-state index contributed by atoms with van der Waals surface area (Å²) < 4.78 is 5.11. The summed E-state index contributed by atoms with van der Waals surface area (Å²) in [5.41, 5.74) is 0.488. The van der Waals surface area contributed by atoms with Gasteiger partial charge >= 0.3 is 5.97 Å². The quantitative estimate of drug-likeness (QED) is 0.850. The van der Waals surface area contributed by atoms with Crippen LogP contribution >= 0.6 is 11.6 Å². The summed E-state index contributed by atoms with van der Waals surface area (Å²) in [6.07, 6.45) is 2.74. The fourth-order valence-electron chi connectivity index (χ4n) is 1.15. The molecule has 0 bridgehead atoms. The molecule has 0 unspecified atom stereocenters. The van der Waals surface area contributed by atoms with E-state index in [0.29, 0.717) is 11.5 Å². The van der Waals surface area contributed by atoms with E-state index in [2.05, 4.69) is 4.98 Å². The third kappa shape index (κ3) is 1.85. The van der Waals surface area contributed by atoms with Crippen molar-refractivity contribution in [3.63, 3.8) is 0 Å². The standard InChI is InChI=1S/C10H6ClNO3/c11-7-4-6(10(13)14)5-12-9(7)8-2-1-3-15-8/h1-5H,(H,13,14). The number of carbonyl (C=O) groups is 1. The summed E-state index contributed by atoms with van der Waals surface area (Å²) in [4.78, 5) is 14.6. The highest BCUT2D eigenvalue weighted by molar-refractivity contribution is 6.33. The van der Waals surface area contributed by atoms with Crippen LogP contribution in [0.5, 0.6) is 0 Å². The Bertz CT molecular complexity index is 493. The van der Waals surface area contributed by atoms with E-state index in [0.717, 1.165) is 0 Å². The third-order valence-electron chi connectivity index (χ3n) is 1.84. The average molecular weight is 224 g/mol. The molecule has 0 saturated carbocycles. The largest absolute Gasteiger partial charge is 0.478 e. The highest BCUT2D eigenvalue weighted by atomic mass is 35.5. The van der Waals surface area contributed by atoms with Crippen LogP contribution in [0.4, 0.5) is 0 Å². The molecule has 0 aliphatic rings. The first kappa shape index (κ1) is 9.73. The summed E-state index contributed by atoms with van der Waals surface area (Å²) in [5, 5.41) is 8.96. The van der Waals surface area contributed by atoms with Crippen molar-refractivity contribution in [1.29, 1.82) is 0 Å². The van der Waals surface area contributed by atoms with Crippen molar-refractivity contribution >= 4 is 17.6 Å². The Kier molecular flexibility index (Phi) is 2.43. The van der Waals surface area contributed by atoms with Gasteiger partial charge in [0, 0.05) is 6.20 Å². The smallest absolute Gasteiger partial charge is 0.337 e. The molecule has 0 aliphatic carbocycles. The molecule has 2 heterocycles. The highest BCUT2D eigenvalue weighted by Gasteiger charge is 2.11. The molecule has 0 aromatic carbocycles. The van der Waals surface area contributed by atoms with Crippen LogP contribution in [0.1, 0.15) is 10.4 Å². The number of aromatic carboxylic acids is 1. The van der Waals surface area contributed by atoms with Crippen LogP contribution < -0.4 is 0 Å². The second-order valence-corrected chi connectivity index (χ2v) is 3.24. The van der Waals surface area contributed by atoms with Crippen LogP contribution in [0.15, 0.2) is 35.1 Å². The number of carboxylic acids is 1. The number of aromatic nitrogens is 1. The highest BCUT2D eigenvalue weighted by Crippen LogP contribution is 2.26. The Balaban J connectivity index is 2.48. The summed E-state index contributed by atoms with van der Waals surface area (Å²) in [5.74, 6) is -0.549. The SMILES string of the molecule is O=C(O)c1cnc(-c2ccco2)c(Cl)c1. The van der Waals surface area contributed by atoms with Gasteiger partial charge in [0.05, 0.1) is 16.8 Å². The molecule has 0 amide bonds. The van der Waals surface area contributed by atoms with Gasteiger partial charge in [0.15, 0.2) is 5.76 Å². The monoisotopic (exact) mass is 223 g/mol. The normalized spacial score (nSPS) is 10.2. The summed E-state index contributed by atoms with van der Waals surface area (Å²) in [6, 6.07) is 4.75. The van der Waals surface area contributed by atoms with E-state index in [1.165, 1.54) is 18.5 Å². The summed E-state index contributed by atoms with van der Waals surface area (Å²) in [7, 11) is 0. The van der Waals surface area contributed by atoms with E-state index in [9.17, 15) is 4.79 Å². The van der Waals surface area contributed by atoms with Gasteiger partial charge in [-0.3, -0.25) is 4.98 Å². The van der Waals surface area contributed by atoms with Gasteiger partial charge in [-0.05, 0) is 18.2 Å². The van der Waals surface area contributed by atoms with Crippen molar-refractivity contribution < 1.29 is 14.3 Å². The molecular formula is C10H6ClNO3. The maximum atomic E-state index is 10.6. The summed E-state index contributed by atoms with van der Waals surface area (Å²) in [6.45, 7) is 0. The minimum atomic E-state index is -1.06. The molecule has 2 rings (SSSR count). The zero-order valence-electron chi connectivity index (χ0n) is 7.48. The van der Waals surface area contributed by atoms with Crippen LogP contribution in [0, 0.1) is 0 Å². The van der Waals surface area contributed by atoms with E-state index in [1.54, 1.807) is 12.1 Å². The maximum absolute atomic E-state index is 10.6. The number of hydrogen-bond acceptors (Lipinski definition) is 3. The van der Waals surface area contributed by atoms with Gasteiger partial charge in [-0.15, -0.1) is 0 Å². The number of nitrogens with zero attached hydrogens (tertiary/aromatic N) is 1. The Morgan fingerprint density at radius 2 is 2.33 bits per heavy atom. The molecule has 15 heavy (non-hydrogen) atoms. The van der Waals surface area contributed by atoms with E-state index < -0.39 is 5.97 Å². The fraction of sp³-hybridized carbons (Fsp3) is 0. The molecule has 2 aromatic heterocycles. The molecule has 0 atom stereocenters. The topological polar surface area (TPSA) is 63.3 Å². The molecule has 1 N–H and O–H groups in total. The van der Waals surface area contributed by atoms with Crippen LogP contribution in [0.25, 0.3) is 11.5 Å². The molecule has 0 spiro atoms. The number of pyridine rings is 1. The van der Waals surface area contributed by atoms with Crippen molar-refractivity contribution in [2.75, 3.05) is 0 Å². The van der Waals surface area contributed by atoms with Crippen LogP contribution in [-0.4, -0.2) is 16.1 Å². The zero-order valence-corrected chi connectivity index (χ0v) is 8.23. The second-order valence-electron chi connectivity index (χ2n) is 2.84. The van der Waals surface area contributed by atoms with Crippen molar-refractivity contribution in [3.05, 3.63) is 41.2 Å². The minimum Gasteiger partial charge on any atom is -0.478 e. The van der Waals surface area contributed by atoms with Crippen molar-refractivity contribution in [2.24, 2.45) is 0 Å². The lowest BCUT2D eigenvalue weighted by Crippen LogP contribution is -1.97. The first-order valence-electron chi connectivity index (χ1n) is 4.11. The van der Waals surface area contributed by atoms with Gasteiger partial charge in [0.2, 0.25) is 0 Å². The maximum Gasteiger partial charge on any atom is 0.337 e. The Morgan fingerprint density at radius 3 is 2.87 bits per heavy atom. The molecule has 0 aliphatic heterocycles. The van der Waals surface area contributed by atoms with Crippen LogP contribution in [0.3, 0.4) is 0 Å². The van der Waals surface area contributed by atoms with Crippen molar-refractivity contribution in [2.45, 2.75) is 0 Å².